The van der Waals surface area contributed by atoms with Crippen LogP contribution in [-0.2, 0) is 0 Å². The van der Waals surface area contributed by atoms with Gasteiger partial charge < -0.3 is 15.2 Å². The predicted octanol–water partition coefficient (Wildman–Crippen LogP) is 2.71. The summed E-state index contributed by atoms with van der Waals surface area (Å²) in [5.41, 5.74) is 0.610. The first-order valence-electron chi connectivity index (χ1n) is 8.70. The molecule has 2 saturated carbocycles. The number of nitrogens with one attached hydrogen (secondary N) is 1. The molecule has 2 N–H and O–H groups in total. The van der Waals surface area contributed by atoms with E-state index in [4.69, 9.17) is 10.00 Å². The van der Waals surface area contributed by atoms with Crippen LogP contribution in [0.25, 0.3) is 0 Å². The summed E-state index contributed by atoms with van der Waals surface area (Å²) in [5, 5.41) is 22.3. The van der Waals surface area contributed by atoms with Gasteiger partial charge in [0.1, 0.15) is 18.5 Å². The molecular weight excluding hydrogens is 288 g/mol. The van der Waals surface area contributed by atoms with Gasteiger partial charge in [0.25, 0.3) is 0 Å². The Balaban J connectivity index is 1.37. The molecule has 3 rings (SSSR count). The predicted molar refractivity (Wildman–Crippen MR) is 89.1 cm³/mol. The van der Waals surface area contributed by atoms with Gasteiger partial charge in [0.05, 0.1) is 11.6 Å². The molecule has 5 atom stereocenters. The molecule has 2 fully saturated rings. The van der Waals surface area contributed by atoms with E-state index in [0.29, 0.717) is 23.9 Å². The molecule has 0 radical (unpaired) electrons. The van der Waals surface area contributed by atoms with Crippen LogP contribution in [0.15, 0.2) is 24.3 Å². The Morgan fingerprint density at radius 2 is 2.09 bits per heavy atom. The molecule has 0 amide bonds. The number of ether oxygens (including phenoxy) is 1. The zero-order valence-corrected chi connectivity index (χ0v) is 13.7. The summed E-state index contributed by atoms with van der Waals surface area (Å²) in [4.78, 5) is 0. The van der Waals surface area contributed by atoms with Gasteiger partial charge >= 0.3 is 0 Å². The van der Waals surface area contributed by atoms with Gasteiger partial charge in [0, 0.05) is 12.6 Å². The average Bonchev–Trinajstić information content (AvgIpc) is 3.21. The maximum absolute atomic E-state index is 10.1. The number of rotatable bonds is 7. The normalized spacial score (nSPS) is 28.3. The van der Waals surface area contributed by atoms with Crippen molar-refractivity contribution >= 4 is 0 Å². The van der Waals surface area contributed by atoms with Gasteiger partial charge in [-0.15, -0.1) is 0 Å². The van der Waals surface area contributed by atoms with Crippen LogP contribution in [0.4, 0.5) is 0 Å². The van der Waals surface area contributed by atoms with Gasteiger partial charge in [0.2, 0.25) is 0 Å². The number of fused-ring (bicyclic) bond motifs is 2. The fraction of sp³-hybridized carbons (Fsp3) is 0.632. The van der Waals surface area contributed by atoms with Gasteiger partial charge in [-0.25, -0.2) is 0 Å². The third-order valence-electron chi connectivity index (χ3n) is 5.54. The smallest absolute Gasteiger partial charge is 0.119 e. The van der Waals surface area contributed by atoms with Crippen molar-refractivity contribution in [1.29, 1.82) is 5.26 Å². The molecule has 0 heterocycles. The summed E-state index contributed by atoms with van der Waals surface area (Å²) in [6, 6.07) is 9.50. The highest BCUT2D eigenvalue weighted by molar-refractivity contribution is 5.34. The zero-order chi connectivity index (χ0) is 16.2. The highest BCUT2D eigenvalue weighted by Gasteiger charge is 2.41. The summed E-state index contributed by atoms with van der Waals surface area (Å²) in [6.45, 7) is 3.08. The third kappa shape index (κ3) is 4.04. The van der Waals surface area contributed by atoms with E-state index in [9.17, 15) is 5.11 Å². The lowest BCUT2D eigenvalue weighted by Crippen LogP contribution is -2.41. The standard InChI is InChI=1S/C19H26N2O2/c1-13(19-9-15-2-5-16(19)8-15)21-11-17(22)12-23-18-6-3-14(10-20)4-7-18/h3-4,6-7,13,15-17,19,21-22H,2,5,8-9,11-12H2,1H3/t13-,15-,16-,17-,19-/m0/s1. The van der Waals surface area contributed by atoms with Gasteiger partial charge in [-0.1, -0.05) is 6.42 Å². The maximum Gasteiger partial charge on any atom is 0.119 e. The molecule has 0 spiro atoms. The number of hydrogen-bond donors (Lipinski definition) is 2. The van der Waals surface area contributed by atoms with Crippen molar-refractivity contribution in [2.75, 3.05) is 13.2 Å². The monoisotopic (exact) mass is 314 g/mol. The van der Waals surface area contributed by atoms with Gasteiger partial charge in [-0.3, -0.25) is 0 Å². The SMILES string of the molecule is C[C@H](NC[C@H](O)COc1ccc(C#N)cc1)[C@@H]1C[C@H]2CC[C@H]1C2. The van der Waals surface area contributed by atoms with Gasteiger partial charge in [0.15, 0.2) is 0 Å². The first kappa shape index (κ1) is 16.3. The fourth-order valence-corrected chi connectivity index (χ4v) is 4.26. The molecule has 1 aromatic rings. The van der Waals surface area contributed by atoms with E-state index in [1.54, 1.807) is 24.3 Å². The summed E-state index contributed by atoms with van der Waals surface area (Å²) in [7, 11) is 0. The lowest BCUT2D eigenvalue weighted by Gasteiger charge is -2.29. The maximum atomic E-state index is 10.1. The Labute approximate surface area is 138 Å². The molecule has 2 aliphatic carbocycles. The van der Waals surface area contributed by atoms with Crippen LogP contribution in [-0.4, -0.2) is 30.4 Å². The Bertz CT molecular complexity index is 551. The van der Waals surface area contributed by atoms with E-state index in [-0.39, 0.29) is 6.61 Å². The van der Waals surface area contributed by atoms with E-state index in [0.717, 1.165) is 17.8 Å². The minimum atomic E-state index is -0.522. The molecule has 2 aliphatic rings. The van der Waals surface area contributed by atoms with Crippen molar-refractivity contribution in [2.24, 2.45) is 17.8 Å². The molecule has 23 heavy (non-hydrogen) atoms. The summed E-state index contributed by atoms with van der Waals surface area (Å²) < 4.78 is 5.57. The molecule has 0 saturated heterocycles. The van der Waals surface area contributed by atoms with E-state index < -0.39 is 6.10 Å². The Morgan fingerprint density at radius 3 is 2.70 bits per heavy atom. The topological polar surface area (TPSA) is 65.3 Å². The minimum absolute atomic E-state index is 0.266. The lowest BCUT2D eigenvalue weighted by atomic mass is 9.84. The van der Waals surface area contributed by atoms with Crippen LogP contribution in [0, 0.1) is 29.1 Å². The van der Waals surface area contributed by atoms with Crippen LogP contribution in [0.3, 0.4) is 0 Å². The molecule has 0 aromatic heterocycles. The van der Waals surface area contributed by atoms with Gasteiger partial charge in [-0.2, -0.15) is 5.26 Å². The first-order valence-corrected chi connectivity index (χ1v) is 8.70. The number of aliphatic hydroxyl groups excluding tert-OH is 1. The number of nitriles is 1. The Morgan fingerprint density at radius 1 is 1.30 bits per heavy atom. The van der Waals surface area contributed by atoms with Crippen molar-refractivity contribution < 1.29 is 9.84 Å². The molecular formula is C19H26N2O2. The lowest BCUT2D eigenvalue weighted by molar-refractivity contribution is 0.0993. The number of benzene rings is 1. The second kappa shape index (κ2) is 7.33. The van der Waals surface area contributed by atoms with Crippen molar-refractivity contribution in [2.45, 2.75) is 44.8 Å². The summed E-state index contributed by atoms with van der Waals surface area (Å²) >= 11 is 0. The van der Waals surface area contributed by atoms with Gasteiger partial charge in [-0.05, 0) is 68.2 Å². The van der Waals surface area contributed by atoms with Crippen LogP contribution < -0.4 is 10.1 Å². The fourth-order valence-electron chi connectivity index (χ4n) is 4.26. The molecule has 1 aromatic carbocycles. The highest BCUT2D eigenvalue weighted by atomic mass is 16.5. The van der Waals surface area contributed by atoms with Crippen molar-refractivity contribution in [3.8, 4) is 11.8 Å². The van der Waals surface area contributed by atoms with Crippen LogP contribution in [0.5, 0.6) is 5.75 Å². The molecule has 0 unspecified atom stereocenters. The molecule has 4 heteroatoms. The van der Waals surface area contributed by atoms with Crippen molar-refractivity contribution in [3.05, 3.63) is 29.8 Å². The van der Waals surface area contributed by atoms with Crippen LogP contribution in [0.2, 0.25) is 0 Å². The molecule has 2 bridgehead atoms. The summed E-state index contributed by atoms with van der Waals surface area (Å²) in [5.74, 6) is 3.32. The van der Waals surface area contributed by atoms with E-state index in [2.05, 4.69) is 18.3 Å². The second-order valence-corrected chi connectivity index (χ2v) is 7.14. The Hall–Kier alpha value is -1.57. The third-order valence-corrected chi connectivity index (χ3v) is 5.54. The van der Waals surface area contributed by atoms with Crippen LogP contribution >= 0.6 is 0 Å². The second-order valence-electron chi connectivity index (χ2n) is 7.14. The van der Waals surface area contributed by atoms with E-state index >= 15 is 0 Å². The zero-order valence-electron chi connectivity index (χ0n) is 13.7. The van der Waals surface area contributed by atoms with Crippen molar-refractivity contribution in [1.82, 2.24) is 5.32 Å². The first-order chi connectivity index (χ1) is 11.2. The van der Waals surface area contributed by atoms with E-state index in [1.165, 1.54) is 25.7 Å². The number of nitrogens with zero attached hydrogens (tertiary/aromatic N) is 1. The quantitative estimate of drug-likeness (QED) is 0.812. The summed E-state index contributed by atoms with van der Waals surface area (Å²) in [6.07, 6.45) is 5.07. The number of aliphatic hydroxyl groups is 1. The van der Waals surface area contributed by atoms with E-state index in [1.807, 2.05) is 0 Å². The molecule has 4 nitrogen and oxygen atoms in total. The minimum Gasteiger partial charge on any atom is -0.491 e. The van der Waals surface area contributed by atoms with Crippen LogP contribution in [0.1, 0.15) is 38.2 Å². The highest BCUT2D eigenvalue weighted by Crippen LogP contribution is 2.49. The van der Waals surface area contributed by atoms with Crippen molar-refractivity contribution in [3.63, 3.8) is 0 Å². The molecule has 124 valence electrons. The largest absolute Gasteiger partial charge is 0.491 e. The molecule has 0 aliphatic heterocycles. The average molecular weight is 314 g/mol. The Kier molecular flexibility index (Phi) is 5.20. The number of hydrogen-bond acceptors (Lipinski definition) is 4.